The fraction of sp³-hybridized carbons (Fsp3) is 0.455. The summed E-state index contributed by atoms with van der Waals surface area (Å²) >= 11 is 5.46. The average molecular weight is 280 g/mol. The summed E-state index contributed by atoms with van der Waals surface area (Å²) in [7, 11) is -3.34. The third-order valence-corrected chi connectivity index (χ3v) is 3.91. The van der Waals surface area contributed by atoms with Gasteiger partial charge in [-0.25, -0.2) is 17.5 Å². The van der Waals surface area contributed by atoms with Crippen LogP contribution in [0.25, 0.3) is 0 Å². The third-order valence-electron chi connectivity index (χ3n) is 2.24. The van der Waals surface area contributed by atoms with Crippen LogP contribution in [-0.4, -0.2) is 20.1 Å². The summed E-state index contributed by atoms with van der Waals surface area (Å²) in [5.74, 6) is 0.0627. The predicted octanol–water partition coefficient (Wildman–Crippen LogP) is 2.26. The molecule has 0 bridgehead atoms. The van der Waals surface area contributed by atoms with E-state index in [9.17, 15) is 12.8 Å². The first kappa shape index (κ1) is 14.4. The number of sulfonamides is 1. The van der Waals surface area contributed by atoms with E-state index in [1.54, 1.807) is 18.2 Å². The van der Waals surface area contributed by atoms with Gasteiger partial charge >= 0.3 is 0 Å². The topological polar surface area (TPSA) is 46.2 Å². The van der Waals surface area contributed by atoms with Crippen LogP contribution < -0.4 is 4.72 Å². The van der Waals surface area contributed by atoms with Gasteiger partial charge in [-0.15, -0.1) is 11.6 Å². The summed E-state index contributed by atoms with van der Waals surface area (Å²) in [6, 6.07) is 6.09. The molecule has 0 heterocycles. The number of hydrogen-bond acceptors (Lipinski definition) is 2. The zero-order chi connectivity index (χ0) is 12.7. The Morgan fingerprint density at radius 2 is 1.94 bits per heavy atom. The molecule has 0 saturated heterocycles. The van der Waals surface area contributed by atoms with Crippen LogP contribution in [0.3, 0.4) is 0 Å². The molecular weight excluding hydrogens is 265 g/mol. The van der Waals surface area contributed by atoms with E-state index in [4.69, 9.17) is 11.6 Å². The van der Waals surface area contributed by atoms with Gasteiger partial charge in [-0.2, -0.15) is 0 Å². The van der Waals surface area contributed by atoms with E-state index in [-0.39, 0.29) is 12.3 Å². The largest absolute Gasteiger partial charge is 0.212 e. The van der Waals surface area contributed by atoms with Gasteiger partial charge in [-0.3, -0.25) is 0 Å². The number of rotatable bonds is 7. The van der Waals surface area contributed by atoms with Crippen LogP contribution in [0.1, 0.15) is 18.4 Å². The molecule has 0 atom stereocenters. The minimum Gasteiger partial charge on any atom is -0.212 e. The van der Waals surface area contributed by atoms with E-state index in [1.165, 1.54) is 6.07 Å². The Kier molecular flexibility index (Phi) is 5.88. The smallest absolute Gasteiger partial charge is 0.211 e. The zero-order valence-electron chi connectivity index (χ0n) is 9.33. The number of hydrogen-bond donors (Lipinski definition) is 1. The maximum absolute atomic E-state index is 13.2. The summed E-state index contributed by atoms with van der Waals surface area (Å²) in [4.78, 5) is 0. The van der Waals surface area contributed by atoms with Crippen LogP contribution in [-0.2, 0) is 16.6 Å². The normalized spacial score (nSPS) is 11.6. The average Bonchev–Trinajstić information content (AvgIpc) is 2.28. The van der Waals surface area contributed by atoms with Gasteiger partial charge < -0.3 is 0 Å². The Morgan fingerprint density at radius 3 is 2.59 bits per heavy atom. The summed E-state index contributed by atoms with van der Waals surface area (Å²) in [6.07, 6.45) is 1.16. The molecule has 1 rings (SSSR count). The maximum atomic E-state index is 13.2. The molecule has 0 fully saturated rings. The van der Waals surface area contributed by atoms with E-state index in [2.05, 4.69) is 4.72 Å². The standard InChI is InChI=1S/C11H15ClFNO2S/c12-7-3-4-8-17(15,16)14-9-10-5-1-2-6-11(10)13/h1-2,5-6,14H,3-4,7-9H2. The fourth-order valence-corrected chi connectivity index (χ4v) is 2.58. The molecule has 6 heteroatoms. The Labute approximate surface area is 106 Å². The van der Waals surface area contributed by atoms with Gasteiger partial charge in [-0.05, 0) is 18.9 Å². The van der Waals surface area contributed by atoms with Crippen molar-refractivity contribution < 1.29 is 12.8 Å². The summed E-state index contributed by atoms with van der Waals surface area (Å²) in [5, 5.41) is 0. The molecule has 0 amide bonds. The first-order valence-electron chi connectivity index (χ1n) is 5.32. The van der Waals surface area contributed by atoms with Crippen LogP contribution in [0.5, 0.6) is 0 Å². The van der Waals surface area contributed by atoms with Crippen molar-refractivity contribution >= 4 is 21.6 Å². The van der Waals surface area contributed by atoms with Crippen molar-refractivity contribution in [2.24, 2.45) is 0 Å². The van der Waals surface area contributed by atoms with E-state index < -0.39 is 15.8 Å². The Bertz CT molecular complexity index is 451. The quantitative estimate of drug-likeness (QED) is 0.615. The van der Waals surface area contributed by atoms with Crippen molar-refractivity contribution in [2.75, 3.05) is 11.6 Å². The van der Waals surface area contributed by atoms with E-state index in [0.717, 1.165) is 0 Å². The van der Waals surface area contributed by atoms with Gasteiger partial charge in [0.15, 0.2) is 0 Å². The SMILES string of the molecule is O=S(=O)(CCCCCl)NCc1ccccc1F. The van der Waals surface area contributed by atoms with Crippen LogP contribution in [0.4, 0.5) is 4.39 Å². The summed E-state index contributed by atoms with van der Waals surface area (Å²) < 4.78 is 38.6. The minimum atomic E-state index is -3.34. The molecule has 0 aliphatic heterocycles. The maximum Gasteiger partial charge on any atom is 0.211 e. The highest BCUT2D eigenvalue weighted by molar-refractivity contribution is 7.89. The number of alkyl halides is 1. The molecule has 0 aromatic heterocycles. The highest BCUT2D eigenvalue weighted by Gasteiger charge is 2.10. The van der Waals surface area contributed by atoms with Gasteiger partial charge in [0.1, 0.15) is 5.82 Å². The monoisotopic (exact) mass is 279 g/mol. The van der Waals surface area contributed by atoms with E-state index in [1.807, 2.05) is 0 Å². The Balaban J connectivity index is 2.47. The lowest BCUT2D eigenvalue weighted by molar-refractivity contribution is 0.571. The molecule has 0 spiro atoms. The van der Waals surface area contributed by atoms with Crippen molar-refractivity contribution in [1.29, 1.82) is 0 Å². The second kappa shape index (κ2) is 6.93. The number of benzene rings is 1. The van der Waals surface area contributed by atoms with Crippen molar-refractivity contribution in [2.45, 2.75) is 19.4 Å². The predicted molar refractivity (Wildman–Crippen MR) is 67.0 cm³/mol. The van der Waals surface area contributed by atoms with Crippen LogP contribution in [0, 0.1) is 5.82 Å². The lowest BCUT2D eigenvalue weighted by Crippen LogP contribution is -2.26. The fourth-order valence-electron chi connectivity index (χ4n) is 1.29. The number of unbranched alkanes of at least 4 members (excludes halogenated alkanes) is 1. The molecule has 96 valence electrons. The molecule has 17 heavy (non-hydrogen) atoms. The first-order valence-corrected chi connectivity index (χ1v) is 7.50. The van der Waals surface area contributed by atoms with Crippen molar-refractivity contribution in [1.82, 2.24) is 4.72 Å². The van der Waals surface area contributed by atoms with E-state index >= 15 is 0 Å². The lowest BCUT2D eigenvalue weighted by atomic mass is 10.2. The van der Waals surface area contributed by atoms with Gasteiger partial charge in [0.25, 0.3) is 0 Å². The highest BCUT2D eigenvalue weighted by Crippen LogP contribution is 2.06. The summed E-state index contributed by atoms with van der Waals surface area (Å²) in [6.45, 7) is -0.0180. The van der Waals surface area contributed by atoms with Crippen molar-refractivity contribution in [3.05, 3.63) is 35.6 Å². The second-order valence-corrected chi connectivity index (χ2v) is 5.93. The summed E-state index contributed by atoms with van der Waals surface area (Å²) in [5.41, 5.74) is 0.341. The zero-order valence-corrected chi connectivity index (χ0v) is 10.9. The van der Waals surface area contributed by atoms with Crippen LogP contribution >= 0.6 is 11.6 Å². The first-order chi connectivity index (χ1) is 8.05. The molecule has 1 aromatic rings. The van der Waals surface area contributed by atoms with Crippen molar-refractivity contribution in [3.8, 4) is 0 Å². The molecule has 0 saturated carbocycles. The third kappa shape index (κ3) is 5.48. The Hall–Kier alpha value is -0.650. The molecule has 0 aliphatic rings. The Morgan fingerprint density at radius 1 is 1.24 bits per heavy atom. The molecule has 1 N–H and O–H groups in total. The van der Waals surface area contributed by atoms with Gasteiger partial charge in [-0.1, -0.05) is 18.2 Å². The minimum absolute atomic E-state index is 0.0180. The van der Waals surface area contributed by atoms with Crippen LogP contribution in [0.2, 0.25) is 0 Å². The lowest BCUT2D eigenvalue weighted by Gasteiger charge is -2.06. The molecule has 3 nitrogen and oxygen atoms in total. The molecule has 0 radical (unpaired) electrons. The molecule has 0 unspecified atom stereocenters. The molecule has 1 aromatic carbocycles. The molecule has 0 aliphatic carbocycles. The van der Waals surface area contributed by atoms with Gasteiger partial charge in [0.2, 0.25) is 10.0 Å². The van der Waals surface area contributed by atoms with E-state index in [0.29, 0.717) is 24.3 Å². The van der Waals surface area contributed by atoms with Crippen molar-refractivity contribution in [3.63, 3.8) is 0 Å². The van der Waals surface area contributed by atoms with Gasteiger partial charge in [0, 0.05) is 18.0 Å². The number of halogens is 2. The molecular formula is C11H15ClFNO2S. The van der Waals surface area contributed by atoms with Gasteiger partial charge in [0.05, 0.1) is 5.75 Å². The van der Waals surface area contributed by atoms with Crippen LogP contribution in [0.15, 0.2) is 24.3 Å². The number of nitrogens with one attached hydrogen (secondary N) is 1. The highest BCUT2D eigenvalue weighted by atomic mass is 35.5. The second-order valence-electron chi connectivity index (χ2n) is 3.63.